The molecule has 0 bridgehead atoms. The topological polar surface area (TPSA) is 38.3 Å². The number of carbonyl (C=O) groups excluding carboxylic acids is 1. The van der Waals surface area contributed by atoms with Crippen LogP contribution in [0, 0.1) is 0 Å². The molecule has 1 aromatic carbocycles. The van der Waals surface area contributed by atoms with Crippen LogP contribution in [0.4, 0.5) is 4.79 Å². The second-order valence-electron chi connectivity index (χ2n) is 2.81. The number of carbonyl (C=O) groups is 1. The van der Waals surface area contributed by atoms with Crippen LogP contribution in [-0.4, -0.2) is 18.5 Å². The lowest BCUT2D eigenvalue weighted by Crippen LogP contribution is -2.27. The molecule has 0 atom stereocenters. The lowest BCUT2D eigenvalue weighted by Gasteiger charge is -2.05. The zero-order valence-corrected chi connectivity index (χ0v) is 9.52. The number of alkyl halides is 1. The first-order chi connectivity index (χ1) is 7.22. The van der Waals surface area contributed by atoms with Gasteiger partial charge in [0.25, 0.3) is 0 Å². The van der Waals surface area contributed by atoms with Crippen LogP contribution in [0.3, 0.4) is 0 Å². The van der Waals surface area contributed by atoms with Crippen LogP contribution < -0.4 is 10.1 Å². The summed E-state index contributed by atoms with van der Waals surface area (Å²) in [5.41, 5.74) is 0. The van der Waals surface area contributed by atoms with E-state index >= 15 is 0 Å². The number of amides is 1. The predicted octanol–water partition coefficient (Wildman–Crippen LogP) is 3.06. The molecule has 1 N–H and O–H groups in total. The molecule has 0 aromatic heterocycles. The molecule has 0 aliphatic heterocycles. The molecule has 5 heteroatoms. The van der Waals surface area contributed by atoms with E-state index in [-0.39, 0.29) is 0 Å². The lowest BCUT2D eigenvalue weighted by atomic mass is 10.3. The predicted molar refractivity (Wildman–Crippen MR) is 60.8 cm³/mol. The van der Waals surface area contributed by atoms with E-state index in [0.717, 1.165) is 6.42 Å². The molecule has 0 spiro atoms. The molecule has 3 nitrogen and oxygen atoms in total. The van der Waals surface area contributed by atoms with Crippen LogP contribution in [0.2, 0.25) is 5.02 Å². The Kier molecular flexibility index (Phi) is 5.29. The number of hydrogen-bond acceptors (Lipinski definition) is 2. The van der Waals surface area contributed by atoms with Crippen LogP contribution in [0.1, 0.15) is 6.42 Å². The van der Waals surface area contributed by atoms with Gasteiger partial charge in [-0.25, -0.2) is 4.79 Å². The molecule has 0 fully saturated rings. The summed E-state index contributed by atoms with van der Waals surface area (Å²) in [6.45, 7) is 0.510. The minimum absolute atomic E-state index is 0.461. The molecule has 0 radical (unpaired) electrons. The molecule has 1 aromatic rings. The summed E-state index contributed by atoms with van der Waals surface area (Å²) < 4.78 is 4.96. The van der Waals surface area contributed by atoms with Crippen molar-refractivity contribution in [3.8, 4) is 5.75 Å². The highest BCUT2D eigenvalue weighted by atomic mass is 35.5. The maximum atomic E-state index is 11.2. The quantitative estimate of drug-likeness (QED) is 0.656. The molecule has 0 saturated heterocycles. The van der Waals surface area contributed by atoms with Crippen molar-refractivity contribution in [2.24, 2.45) is 0 Å². The van der Waals surface area contributed by atoms with Gasteiger partial charge in [-0.3, -0.25) is 0 Å². The lowest BCUT2D eigenvalue weighted by molar-refractivity contribution is 0.200. The van der Waals surface area contributed by atoms with Gasteiger partial charge in [0.15, 0.2) is 0 Å². The molecule has 0 aliphatic carbocycles. The Balaban J connectivity index is 2.34. The third-order valence-electron chi connectivity index (χ3n) is 1.60. The summed E-state index contributed by atoms with van der Waals surface area (Å²) >= 11 is 11.1. The van der Waals surface area contributed by atoms with Crippen molar-refractivity contribution < 1.29 is 9.53 Å². The van der Waals surface area contributed by atoms with Crippen molar-refractivity contribution >= 4 is 29.3 Å². The van der Waals surface area contributed by atoms with Crippen LogP contribution in [-0.2, 0) is 0 Å². The second kappa shape index (κ2) is 6.53. The first kappa shape index (κ1) is 12.1. The molecule has 0 unspecified atom stereocenters. The van der Waals surface area contributed by atoms with E-state index in [9.17, 15) is 4.79 Å². The van der Waals surface area contributed by atoms with Gasteiger partial charge in [-0.1, -0.05) is 11.6 Å². The highest BCUT2D eigenvalue weighted by Gasteiger charge is 2.02. The fourth-order valence-corrected chi connectivity index (χ4v) is 1.16. The summed E-state index contributed by atoms with van der Waals surface area (Å²) in [6.07, 6.45) is 0.236. The van der Waals surface area contributed by atoms with Crippen LogP contribution in [0.5, 0.6) is 5.75 Å². The Morgan fingerprint density at radius 2 is 2.00 bits per heavy atom. The molecule has 15 heavy (non-hydrogen) atoms. The van der Waals surface area contributed by atoms with Gasteiger partial charge in [-0.2, -0.15) is 0 Å². The van der Waals surface area contributed by atoms with Gasteiger partial charge < -0.3 is 10.1 Å². The van der Waals surface area contributed by atoms with Gasteiger partial charge in [0.1, 0.15) is 5.75 Å². The van der Waals surface area contributed by atoms with Crippen molar-refractivity contribution in [2.45, 2.75) is 6.42 Å². The summed E-state index contributed by atoms with van der Waals surface area (Å²) in [5.74, 6) is 0.976. The number of benzene rings is 1. The first-order valence-corrected chi connectivity index (χ1v) is 5.41. The van der Waals surface area contributed by atoms with E-state index in [0.29, 0.717) is 23.2 Å². The Morgan fingerprint density at radius 3 is 2.60 bits per heavy atom. The third-order valence-corrected chi connectivity index (χ3v) is 2.12. The normalized spacial score (nSPS) is 9.73. The monoisotopic (exact) mass is 247 g/mol. The SMILES string of the molecule is O=C(NCCCCl)Oc1ccc(Cl)cc1. The summed E-state index contributed by atoms with van der Waals surface area (Å²) in [7, 11) is 0. The average Bonchev–Trinajstić information content (AvgIpc) is 2.22. The maximum Gasteiger partial charge on any atom is 0.412 e. The van der Waals surface area contributed by atoms with Crippen molar-refractivity contribution in [3.63, 3.8) is 0 Å². The average molecular weight is 248 g/mol. The van der Waals surface area contributed by atoms with Crippen LogP contribution in [0.15, 0.2) is 24.3 Å². The molecule has 0 saturated carbocycles. The third kappa shape index (κ3) is 4.91. The number of rotatable bonds is 4. The molecular formula is C10H11Cl2NO2. The van der Waals surface area contributed by atoms with Crippen LogP contribution in [0.25, 0.3) is 0 Å². The highest BCUT2D eigenvalue weighted by molar-refractivity contribution is 6.30. The fraction of sp³-hybridized carbons (Fsp3) is 0.300. The Bertz CT molecular complexity index is 314. The Hall–Kier alpha value is -0.930. The van der Waals surface area contributed by atoms with Crippen molar-refractivity contribution in [1.82, 2.24) is 5.32 Å². The van der Waals surface area contributed by atoms with Gasteiger partial charge in [-0.15, -0.1) is 11.6 Å². The van der Waals surface area contributed by atoms with E-state index < -0.39 is 6.09 Å². The van der Waals surface area contributed by atoms with Crippen molar-refractivity contribution in [3.05, 3.63) is 29.3 Å². The van der Waals surface area contributed by atoms with Gasteiger partial charge in [-0.05, 0) is 30.7 Å². The number of nitrogens with one attached hydrogen (secondary N) is 1. The van der Waals surface area contributed by atoms with Gasteiger partial charge in [0.2, 0.25) is 0 Å². The molecule has 1 amide bonds. The number of hydrogen-bond donors (Lipinski definition) is 1. The largest absolute Gasteiger partial charge is 0.412 e. The van der Waals surface area contributed by atoms with Gasteiger partial charge in [0, 0.05) is 17.4 Å². The van der Waals surface area contributed by atoms with Gasteiger partial charge in [0.05, 0.1) is 0 Å². The van der Waals surface area contributed by atoms with E-state index in [1.807, 2.05) is 0 Å². The van der Waals surface area contributed by atoms with Gasteiger partial charge >= 0.3 is 6.09 Å². The zero-order valence-electron chi connectivity index (χ0n) is 8.00. The summed E-state index contributed by atoms with van der Waals surface area (Å²) in [4.78, 5) is 11.2. The van der Waals surface area contributed by atoms with E-state index in [2.05, 4.69) is 5.32 Å². The second-order valence-corrected chi connectivity index (χ2v) is 3.63. The fourth-order valence-electron chi connectivity index (χ4n) is 0.903. The summed E-state index contributed by atoms with van der Waals surface area (Å²) in [6, 6.07) is 6.57. The smallest absolute Gasteiger partial charge is 0.410 e. The first-order valence-electron chi connectivity index (χ1n) is 4.49. The number of ether oxygens (including phenoxy) is 1. The van der Waals surface area contributed by atoms with Crippen LogP contribution >= 0.6 is 23.2 Å². The molecule has 0 heterocycles. The standard InChI is InChI=1S/C10H11Cl2NO2/c11-6-1-7-13-10(14)15-9-4-2-8(12)3-5-9/h2-5H,1,6-7H2,(H,13,14). The van der Waals surface area contributed by atoms with E-state index in [1.165, 1.54) is 0 Å². The number of halogens is 2. The van der Waals surface area contributed by atoms with Crippen molar-refractivity contribution in [2.75, 3.05) is 12.4 Å². The Morgan fingerprint density at radius 1 is 1.33 bits per heavy atom. The van der Waals surface area contributed by atoms with E-state index in [1.54, 1.807) is 24.3 Å². The summed E-state index contributed by atoms with van der Waals surface area (Å²) in [5, 5.41) is 3.17. The minimum atomic E-state index is -0.484. The molecule has 82 valence electrons. The minimum Gasteiger partial charge on any atom is -0.410 e. The van der Waals surface area contributed by atoms with E-state index in [4.69, 9.17) is 27.9 Å². The highest BCUT2D eigenvalue weighted by Crippen LogP contribution is 2.15. The Labute approximate surface area is 98.3 Å². The maximum absolute atomic E-state index is 11.2. The molecule has 1 rings (SSSR count). The zero-order chi connectivity index (χ0) is 11.1. The molecular weight excluding hydrogens is 237 g/mol. The van der Waals surface area contributed by atoms with Crippen molar-refractivity contribution in [1.29, 1.82) is 0 Å². The molecule has 0 aliphatic rings.